The van der Waals surface area contributed by atoms with E-state index in [9.17, 15) is 4.79 Å². The van der Waals surface area contributed by atoms with Gasteiger partial charge in [0.05, 0.1) is 5.51 Å². The van der Waals surface area contributed by atoms with Gasteiger partial charge in [0.1, 0.15) is 5.69 Å². The van der Waals surface area contributed by atoms with E-state index in [1.54, 1.807) is 10.9 Å². The second kappa shape index (κ2) is 3.87. The van der Waals surface area contributed by atoms with E-state index in [1.165, 1.54) is 11.3 Å². The van der Waals surface area contributed by atoms with Crippen molar-refractivity contribution in [2.45, 2.75) is 18.7 Å². The van der Waals surface area contributed by atoms with Gasteiger partial charge >= 0.3 is 0 Å². The maximum Gasteiger partial charge on any atom is 0.273 e. The van der Waals surface area contributed by atoms with Crippen molar-refractivity contribution in [3.8, 4) is 0 Å². The van der Waals surface area contributed by atoms with Gasteiger partial charge in [-0.1, -0.05) is 29.8 Å². The van der Waals surface area contributed by atoms with Crippen LogP contribution in [0.15, 0.2) is 10.9 Å². The molecule has 0 aromatic carbocycles. The first-order valence-corrected chi connectivity index (χ1v) is 6.68. The topological polar surface area (TPSA) is 33.2 Å². The molecule has 1 aromatic heterocycles. The van der Waals surface area contributed by atoms with Gasteiger partial charge in [0.15, 0.2) is 0 Å². The summed E-state index contributed by atoms with van der Waals surface area (Å²) in [4.78, 5) is 18.3. The maximum absolute atomic E-state index is 12.0. The van der Waals surface area contributed by atoms with Gasteiger partial charge in [-0.15, -0.1) is 11.3 Å². The van der Waals surface area contributed by atoms with E-state index in [0.29, 0.717) is 10.5 Å². The minimum absolute atomic E-state index is 0.0475. The fourth-order valence-corrected chi connectivity index (χ4v) is 2.75. The van der Waals surface area contributed by atoms with Crippen molar-refractivity contribution in [2.24, 2.45) is 5.41 Å². The third-order valence-electron chi connectivity index (χ3n) is 2.77. The second-order valence-corrected chi connectivity index (χ2v) is 6.34. The Labute approximate surface area is 102 Å². The van der Waals surface area contributed by atoms with Crippen LogP contribution in [0.1, 0.15) is 24.3 Å². The molecule has 1 unspecified atom stereocenters. The molecule has 1 saturated heterocycles. The summed E-state index contributed by atoms with van der Waals surface area (Å²) >= 11 is 5.08. The van der Waals surface area contributed by atoms with Crippen LogP contribution in [0.2, 0.25) is 0 Å². The van der Waals surface area contributed by atoms with Crippen molar-refractivity contribution in [3.63, 3.8) is 0 Å². The Kier molecular flexibility index (Phi) is 2.85. The van der Waals surface area contributed by atoms with Gasteiger partial charge in [-0.3, -0.25) is 4.79 Å². The number of nitrogens with zero attached hydrogens (tertiary/aromatic N) is 2. The van der Waals surface area contributed by atoms with Crippen LogP contribution in [-0.2, 0) is 0 Å². The SMILES string of the molecule is CC1(C)CN(C(=O)c2cscn2)CC1Br. The lowest BCUT2D eigenvalue weighted by molar-refractivity contribution is 0.0773. The van der Waals surface area contributed by atoms with Gasteiger partial charge in [0, 0.05) is 23.3 Å². The van der Waals surface area contributed by atoms with E-state index in [1.807, 2.05) is 4.90 Å². The molecular weight excluding hydrogens is 276 g/mol. The van der Waals surface area contributed by atoms with Crippen molar-refractivity contribution in [1.82, 2.24) is 9.88 Å². The summed E-state index contributed by atoms with van der Waals surface area (Å²) in [7, 11) is 0. The van der Waals surface area contributed by atoms with Crippen molar-refractivity contribution in [3.05, 3.63) is 16.6 Å². The number of aromatic nitrogens is 1. The molecule has 82 valence electrons. The largest absolute Gasteiger partial charge is 0.336 e. The Hall–Kier alpha value is -0.420. The molecule has 1 amide bonds. The number of hydrogen-bond donors (Lipinski definition) is 0. The molecule has 1 atom stereocenters. The molecule has 2 heterocycles. The van der Waals surface area contributed by atoms with Crippen LogP contribution < -0.4 is 0 Å². The highest BCUT2D eigenvalue weighted by atomic mass is 79.9. The fourth-order valence-electron chi connectivity index (χ4n) is 1.73. The number of halogens is 1. The number of thiazole rings is 1. The first-order valence-electron chi connectivity index (χ1n) is 4.82. The molecule has 15 heavy (non-hydrogen) atoms. The number of alkyl halides is 1. The predicted molar refractivity (Wildman–Crippen MR) is 64.5 cm³/mol. The minimum atomic E-state index is 0.0475. The highest BCUT2D eigenvalue weighted by Gasteiger charge is 2.40. The first-order chi connectivity index (χ1) is 7.00. The monoisotopic (exact) mass is 288 g/mol. The van der Waals surface area contributed by atoms with E-state index in [4.69, 9.17) is 0 Å². The lowest BCUT2D eigenvalue weighted by Gasteiger charge is -2.20. The van der Waals surface area contributed by atoms with Crippen molar-refractivity contribution in [2.75, 3.05) is 13.1 Å². The summed E-state index contributed by atoms with van der Waals surface area (Å²) in [5.41, 5.74) is 2.41. The Morgan fingerprint density at radius 2 is 2.47 bits per heavy atom. The molecule has 1 aliphatic heterocycles. The van der Waals surface area contributed by atoms with E-state index in [-0.39, 0.29) is 11.3 Å². The van der Waals surface area contributed by atoms with Gasteiger partial charge in [-0.05, 0) is 5.41 Å². The summed E-state index contributed by atoms with van der Waals surface area (Å²) in [5, 5.41) is 1.80. The Balaban J connectivity index is 2.12. The Morgan fingerprint density at radius 1 is 1.73 bits per heavy atom. The molecule has 0 spiro atoms. The van der Waals surface area contributed by atoms with Crippen molar-refractivity contribution >= 4 is 33.2 Å². The quantitative estimate of drug-likeness (QED) is 0.744. The molecule has 1 aromatic rings. The van der Waals surface area contributed by atoms with Crippen LogP contribution >= 0.6 is 27.3 Å². The zero-order chi connectivity index (χ0) is 11.1. The standard InChI is InChI=1S/C10H13BrN2OS/c1-10(2)5-13(3-8(10)11)9(14)7-4-15-6-12-7/h4,6,8H,3,5H2,1-2H3. The second-order valence-electron chi connectivity index (χ2n) is 4.52. The lowest BCUT2D eigenvalue weighted by Crippen LogP contribution is -2.30. The van der Waals surface area contributed by atoms with Crippen LogP contribution in [0, 0.1) is 5.41 Å². The van der Waals surface area contributed by atoms with Crippen LogP contribution in [-0.4, -0.2) is 33.7 Å². The smallest absolute Gasteiger partial charge is 0.273 e. The number of likely N-dealkylation sites (tertiary alicyclic amines) is 1. The number of carbonyl (C=O) groups is 1. The molecule has 2 rings (SSSR count). The average Bonchev–Trinajstić information content (AvgIpc) is 2.74. The van der Waals surface area contributed by atoms with Gasteiger partial charge in [0.2, 0.25) is 0 Å². The van der Waals surface area contributed by atoms with E-state index in [0.717, 1.165) is 13.1 Å². The molecule has 3 nitrogen and oxygen atoms in total. The highest BCUT2D eigenvalue weighted by Crippen LogP contribution is 2.35. The number of rotatable bonds is 1. The molecule has 5 heteroatoms. The normalized spacial score (nSPS) is 24.5. The number of amides is 1. The summed E-state index contributed by atoms with van der Waals surface area (Å²) in [6, 6.07) is 0. The predicted octanol–water partition coefficient (Wildman–Crippen LogP) is 2.39. The van der Waals surface area contributed by atoms with Gasteiger partial charge in [-0.2, -0.15) is 0 Å². The molecule has 1 aliphatic rings. The van der Waals surface area contributed by atoms with E-state index in [2.05, 4.69) is 34.8 Å². The van der Waals surface area contributed by atoms with Gasteiger partial charge in [0.25, 0.3) is 5.91 Å². The minimum Gasteiger partial charge on any atom is -0.336 e. The summed E-state index contributed by atoms with van der Waals surface area (Å²) < 4.78 is 0. The van der Waals surface area contributed by atoms with Crippen LogP contribution in [0.3, 0.4) is 0 Å². The summed E-state index contributed by atoms with van der Waals surface area (Å²) in [6.45, 7) is 5.89. The molecule has 0 radical (unpaired) electrons. The molecule has 0 aliphatic carbocycles. The molecular formula is C10H13BrN2OS. The van der Waals surface area contributed by atoms with E-state index >= 15 is 0 Å². The van der Waals surface area contributed by atoms with Crippen molar-refractivity contribution in [1.29, 1.82) is 0 Å². The molecule has 0 bridgehead atoms. The maximum atomic E-state index is 12.0. The average molecular weight is 289 g/mol. The molecule has 0 saturated carbocycles. The zero-order valence-corrected chi connectivity index (χ0v) is 11.1. The first kappa shape index (κ1) is 11.1. The van der Waals surface area contributed by atoms with Crippen molar-refractivity contribution < 1.29 is 4.79 Å². The van der Waals surface area contributed by atoms with Crippen LogP contribution in [0.25, 0.3) is 0 Å². The third kappa shape index (κ3) is 2.08. The summed E-state index contributed by atoms with van der Waals surface area (Å²) in [6.07, 6.45) is 0. The molecule has 1 fully saturated rings. The van der Waals surface area contributed by atoms with Gasteiger partial charge < -0.3 is 4.90 Å². The number of hydrogen-bond acceptors (Lipinski definition) is 3. The number of carbonyl (C=O) groups excluding carboxylic acids is 1. The molecule has 0 N–H and O–H groups in total. The zero-order valence-electron chi connectivity index (χ0n) is 8.74. The third-order valence-corrected chi connectivity index (χ3v) is 4.88. The summed E-state index contributed by atoms with van der Waals surface area (Å²) in [5.74, 6) is 0.0475. The van der Waals surface area contributed by atoms with E-state index < -0.39 is 0 Å². The Morgan fingerprint density at radius 3 is 2.93 bits per heavy atom. The van der Waals surface area contributed by atoms with Gasteiger partial charge in [-0.25, -0.2) is 4.98 Å². The highest BCUT2D eigenvalue weighted by molar-refractivity contribution is 9.09. The fraction of sp³-hybridized carbons (Fsp3) is 0.600. The lowest BCUT2D eigenvalue weighted by atomic mass is 9.93. The van der Waals surface area contributed by atoms with Crippen LogP contribution in [0.4, 0.5) is 0 Å². The Bertz CT molecular complexity index is 364. The van der Waals surface area contributed by atoms with Crippen LogP contribution in [0.5, 0.6) is 0 Å².